The molecule has 0 aromatic rings. The monoisotopic (exact) mass is 522 g/mol. The van der Waals surface area contributed by atoms with Crippen molar-refractivity contribution in [2.75, 3.05) is 13.2 Å². The number of carbonyl (C=O) groups is 1. The van der Waals surface area contributed by atoms with Gasteiger partial charge in [0.1, 0.15) is 60.5 Å². The van der Waals surface area contributed by atoms with Crippen LogP contribution in [-0.2, 0) is 33.2 Å². The number of esters is 1. The van der Waals surface area contributed by atoms with E-state index in [0.29, 0.717) is 19.4 Å². The zero-order valence-corrected chi connectivity index (χ0v) is 21.0. The SMILES string of the molecule is CC(C)[C@]12O[C@H]1[C@@H]1O[C@]13[C@]1(O[C@H]1C[C@H]1C4=C(CC[C@@]13C)C(=O)OC4)[C@@H]2O[C@@H]1OC(CO)[C@H](O)C(O)[C@H]1O. The molecular formula is C26H34O11. The Balaban J connectivity index is 1.20. The van der Waals surface area contributed by atoms with Crippen LogP contribution >= 0.6 is 0 Å². The maximum atomic E-state index is 12.4. The molecule has 3 aliphatic carbocycles. The van der Waals surface area contributed by atoms with E-state index in [2.05, 4.69) is 20.8 Å². The minimum Gasteiger partial charge on any atom is -0.458 e. The Morgan fingerprint density at radius 3 is 2.59 bits per heavy atom. The number of epoxide rings is 3. The van der Waals surface area contributed by atoms with Gasteiger partial charge in [0.25, 0.3) is 0 Å². The van der Waals surface area contributed by atoms with E-state index in [1.54, 1.807) is 0 Å². The summed E-state index contributed by atoms with van der Waals surface area (Å²) in [5.41, 5.74) is -0.753. The summed E-state index contributed by atoms with van der Waals surface area (Å²) in [6.07, 6.45) is -6.18. The van der Waals surface area contributed by atoms with Crippen LogP contribution in [0.3, 0.4) is 0 Å². The topological polar surface area (TPSA) is 163 Å². The lowest BCUT2D eigenvalue weighted by atomic mass is 9.46. The van der Waals surface area contributed by atoms with Crippen LogP contribution in [0.15, 0.2) is 11.1 Å². The fourth-order valence-electron chi connectivity index (χ4n) is 9.18. The zero-order valence-electron chi connectivity index (χ0n) is 21.0. The van der Waals surface area contributed by atoms with Gasteiger partial charge in [-0.05, 0) is 36.7 Å². The number of fused-ring (bicyclic) bond motifs is 4. The first-order valence-corrected chi connectivity index (χ1v) is 13.5. The average molecular weight is 523 g/mol. The van der Waals surface area contributed by atoms with Crippen molar-refractivity contribution in [3.63, 3.8) is 0 Å². The van der Waals surface area contributed by atoms with Gasteiger partial charge in [0, 0.05) is 11.0 Å². The molecule has 4 saturated heterocycles. The summed E-state index contributed by atoms with van der Waals surface area (Å²) in [6.45, 7) is 6.11. The van der Waals surface area contributed by atoms with Gasteiger partial charge in [-0.1, -0.05) is 20.8 Å². The highest BCUT2D eigenvalue weighted by Crippen LogP contribution is 2.83. The van der Waals surface area contributed by atoms with Gasteiger partial charge in [0.05, 0.1) is 12.7 Å². The molecule has 204 valence electrons. The second kappa shape index (κ2) is 6.94. The highest BCUT2D eigenvalue weighted by molar-refractivity contribution is 5.92. The lowest BCUT2D eigenvalue weighted by Gasteiger charge is -2.54. The fraction of sp³-hybridized carbons (Fsp3) is 0.885. The van der Waals surface area contributed by atoms with Crippen LogP contribution in [0, 0.1) is 17.3 Å². The van der Waals surface area contributed by atoms with Crippen LogP contribution in [0.5, 0.6) is 0 Å². The van der Waals surface area contributed by atoms with Crippen molar-refractivity contribution in [1.29, 1.82) is 0 Å². The number of carbonyl (C=O) groups excluding carboxylic acids is 1. The van der Waals surface area contributed by atoms with E-state index < -0.39 is 60.2 Å². The summed E-state index contributed by atoms with van der Waals surface area (Å²) < 4.78 is 37.6. The molecule has 5 aliphatic heterocycles. The first-order valence-electron chi connectivity index (χ1n) is 13.5. The summed E-state index contributed by atoms with van der Waals surface area (Å²) in [6, 6.07) is 0. The Bertz CT molecular complexity index is 1110. The number of aliphatic hydroxyl groups is 4. The molecule has 14 atom stereocenters. The number of rotatable bonds is 4. The number of ether oxygens (including phenoxy) is 6. The first-order chi connectivity index (χ1) is 17.6. The molecule has 2 unspecified atom stereocenters. The van der Waals surface area contributed by atoms with Gasteiger partial charge in [-0.2, -0.15) is 0 Å². The molecular weight excluding hydrogens is 488 g/mol. The van der Waals surface area contributed by atoms with E-state index in [0.717, 1.165) is 17.6 Å². The van der Waals surface area contributed by atoms with E-state index >= 15 is 0 Å². The largest absolute Gasteiger partial charge is 0.458 e. The van der Waals surface area contributed by atoms with Gasteiger partial charge in [-0.15, -0.1) is 0 Å². The van der Waals surface area contributed by atoms with Crippen molar-refractivity contribution < 1.29 is 53.6 Å². The molecule has 0 amide bonds. The van der Waals surface area contributed by atoms with Crippen LogP contribution in [0.2, 0.25) is 0 Å². The molecule has 11 heteroatoms. The van der Waals surface area contributed by atoms with Crippen LogP contribution in [0.25, 0.3) is 0 Å². The third-order valence-electron chi connectivity index (χ3n) is 11.2. The molecule has 0 aromatic heterocycles. The van der Waals surface area contributed by atoms with Gasteiger partial charge in [-0.3, -0.25) is 0 Å². The molecule has 37 heavy (non-hydrogen) atoms. The summed E-state index contributed by atoms with van der Waals surface area (Å²) >= 11 is 0. The quantitative estimate of drug-likeness (QED) is 0.263. The second-order valence-corrected chi connectivity index (χ2v) is 12.7. The molecule has 0 bridgehead atoms. The molecule has 0 radical (unpaired) electrons. The van der Waals surface area contributed by atoms with E-state index in [4.69, 9.17) is 28.4 Å². The number of hydrogen-bond donors (Lipinski definition) is 4. The minimum absolute atomic E-state index is 0.0286. The number of aliphatic hydroxyl groups excluding tert-OH is 4. The summed E-state index contributed by atoms with van der Waals surface area (Å²) in [5, 5.41) is 41.2. The molecule has 11 nitrogen and oxygen atoms in total. The molecule has 2 saturated carbocycles. The lowest BCUT2D eigenvalue weighted by Crippen LogP contribution is -2.71. The molecule has 4 N–H and O–H groups in total. The summed E-state index contributed by atoms with van der Waals surface area (Å²) in [4.78, 5) is 12.4. The van der Waals surface area contributed by atoms with Crippen LogP contribution in [0.1, 0.15) is 40.0 Å². The van der Waals surface area contributed by atoms with Crippen LogP contribution in [-0.4, -0.2) is 112 Å². The summed E-state index contributed by atoms with van der Waals surface area (Å²) in [7, 11) is 0. The van der Waals surface area contributed by atoms with Gasteiger partial charge in [-0.25, -0.2) is 4.79 Å². The fourth-order valence-corrected chi connectivity index (χ4v) is 9.18. The van der Waals surface area contributed by atoms with E-state index in [-0.39, 0.29) is 41.5 Å². The third-order valence-corrected chi connectivity index (χ3v) is 11.2. The van der Waals surface area contributed by atoms with E-state index in [9.17, 15) is 25.2 Å². The van der Waals surface area contributed by atoms with E-state index in [1.165, 1.54) is 0 Å². The highest BCUT2D eigenvalue weighted by Gasteiger charge is 3.01. The molecule has 8 rings (SSSR count). The lowest BCUT2D eigenvalue weighted by molar-refractivity contribution is -0.325. The standard InChI is InChI=1S/C26H34O11/c1-9(2)24-18(36-24)19-26(37-19)23(3)5-4-10-11(8-32-20(10)31)12(23)6-14-25(26,35-14)22(24)34-21-17(30)16(29)15(28)13(7-27)33-21/h9,12-19,21-22,27-30H,4-8H2,1-3H3/t12-,13?,14-,15-,16?,17+,18-,19-,21-,22+,23-,24-,25+,26+/m0/s1. The van der Waals surface area contributed by atoms with Crippen molar-refractivity contribution in [3.05, 3.63) is 11.1 Å². The van der Waals surface area contributed by atoms with Gasteiger partial charge in [0.2, 0.25) is 0 Å². The van der Waals surface area contributed by atoms with Gasteiger partial charge in [0.15, 0.2) is 11.9 Å². The van der Waals surface area contributed by atoms with Crippen molar-refractivity contribution in [2.24, 2.45) is 17.3 Å². The molecule has 6 fully saturated rings. The van der Waals surface area contributed by atoms with Gasteiger partial charge >= 0.3 is 5.97 Å². The Morgan fingerprint density at radius 1 is 1.08 bits per heavy atom. The van der Waals surface area contributed by atoms with Crippen molar-refractivity contribution in [2.45, 2.75) is 112 Å². The minimum atomic E-state index is -1.55. The molecule has 5 heterocycles. The average Bonchev–Trinajstić information content (AvgIpc) is 3.77. The smallest absolute Gasteiger partial charge is 0.334 e. The highest BCUT2D eigenvalue weighted by atomic mass is 16.8. The number of hydrogen-bond acceptors (Lipinski definition) is 11. The predicted octanol–water partition coefficient (Wildman–Crippen LogP) is -1.07. The van der Waals surface area contributed by atoms with Crippen LogP contribution in [0.4, 0.5) is 0 Å². The van der Waals surface area contributed by atoms with Crippen LogP contribution < -0.4 is 0 Å². The molecule has 0 aromatic carbocycles. The molecule has 2 spiro atoms. The Kier molecular flexibility index (Phi) is 4.45. The maximum Gasteiger partial charge on any atom is 0.334 e. The summed E-state index contributed by atoms with van der Waals surface area (Å²) in [5.74, 6) is -0.111. The third kappa shape index (κ3) is 2.41. The van der Waals surface area contributed by atoms with Crippen molar-refractivity contribution in [1.82, 2.24) is 0 Å². The van der Waals surface area contributed by atoms with E-state index in [1.807, 2.05) is 0 Å². The number of cyclic esters (lactones) is 1. The van der Waals surface area contributed by atoms with Crippen molar-refractivity contribution in [3.8, 4) is 0 Å². The second-order valence-electron chi connectivity index (χ2n) is 12.7. The zero-order chi connectivity index (χ0) is 25.9. The Hall–Kier alpha value is -1.15. The van der Waals surface area contributed by atoms with Gasteiger partial charge < -0.3 is 48.8 Å². The first kappa shape index (κ1) is 23.7. The van der Waals surface area contributed by atoms with Crippen molar-refractivity contribution >= 4 is 5.97 Å². The Morgan fingerprint density at radius 2 is 1.86 bits per heavy atom. The Labute approximate surface area is 213 Å². The predicted molar refractivity (Wildman–Crippen MR) is 120 cm³/mol. The molecule has 8 aliphatic rings. The maximum absolute atomic E-state index is 12.4. The normalized spacial score (nSPS) is 60.5.